The molecule has 0 bridgehead atoms. The molecule has 0 fully saturated rings. The second-order valence-corrected chi connectivity index (χ2v) is 6.90. The van der Waals surface area contributed by atoms with Gasteiger partial charge in [0.25, 0.3) is 0 Å². The van der Waals surface area contributed by atoms with Crippen LogP contribution in [0.4, 0.5) is 0 Å². The SMILES string of the molecule is COC(=O)CCN(C)C(=O)C(C)(C)S(C)(=O)=O. The zero-order chi connectivity index (χ0) is 13.9. The Bertz CT molecular complexity index is 399. The fourth-order valence-electron chi connectivity index (χ4n) is 1.08. The highest BCUT2D eigenvalue weighted by molar-refractivity contribution is 7.92. The molecule has 0 radical (unpaired) electrons. The third-order valence-electron chi connectivity index (χ3n) is 2.67. The Morgan fingerprint density at radius 2 is 1.76 bits per heavy atom. The molecule has 0 unspecified atom stereocenters. The fourth-order valence-corrected chi connectivity index (χ4v) is 1.55. The van der Waals surface area contributed by atoms with Gasteiger partial charge in [0.15, 0.2) is 9.84 Å². The van der Waals surface area contributed by atoms with Crippen molar-refractivity contribution in [2.24, 2.45) is 0 Å². The summed E-state index contributed by atoms with van der Waals surface area (Å²) in [6.07, 6.45) is 1.05. The van der Waals surface area contributed by atoms with E-state index >= 15 is 0 Å². The molecule has 0 aliphatic heterocycles. The van der Waals surface area contributed by atoms with E-state index in [1.54, 1.807) is 0 Å². The standard InChI is InChI=1S/C10H19NO5S/c1-10(2,17(5,14)15)9(13)11(3)7-6-8(12)16-4/h6-7H2,1-5H3. The van der Waals surface area contributed by atoms with Gasteiger partial charge < -0.3 is 9.64 Å². The lowest BCUT2D eigenvalue weighted by molar-refractivity contribution is -0.141. The van der Waals surface area contributed by atoms with Crippen LogP contribution in [-0.2, 0) is 24.2 Å². The van der Waals surface area contributed by atoms with Gasteiger partial charge in [-0.15, -0.1) is 0 Å². The van der Waals surface area contributed by atoms with Crippen LogP contribution in [0.2, 0.25) is 0 Å². The van der Waals surface area contributed by atoms with Gasteiger partial charge >= 0.3 is 5.97 Å². The molecular weight excluding hydrogens is 246 g/mol. The number of amides is 1. The number of hydrogen-bond acceptors (Lipinski definition) is 5. The molecule has 1 amide bonds. The molecule has 0 spiro atoms. The molecule has 0 aliphatic rings. The van der Waals surface area contributed by atoms with E-state index in [4.69, 9.17) is 0 Å². The summed E-state index contributed by atoms with van der Waals surface area (Å²) in [4.78, 5) is 24.0. The van der Waals surface area contributed by atoms with Crippen molar-refractivity contribution in [2.75, 3.05) is 27.0 Å². The van der Waals surface area contributed by atoms with Crippen LogP contribution in [0, 0.1) is 0 Å². The van der Waals surface area contributed by atoms with Crippen molar-refractivity contribution >= 4 is 21.7 Å². The highest BCUT2D eigenvalue weighted by Gasteiger charge is 2.40. The first-order valence-corrected chi connectivity index (χ1v) is 6.95. The monoisotopic (exact) mass is 265 g/mol. The Labute approximate surface area is 102 Å². The van der Waals surface area contributed by atoms with Crippen molar-refractivity contribution in [2.45, 2.75) is 25.0 Å². The first-order valence-electron chi connectivity index (χ1n) is 5.06. The lowest BCUT2D eigenvalue weighted by atomic mass is 10.2. The molecule has 100 valence electrons. The molecule has 0 aromatic heterocycles. The second-order valence-electron chi connectivity index (χ2n) is 4.34. The van der Waals surface area contributed by atoms with E-state index in [0.717, 1.165) is 6.26 Å². The highest BCUT2D eigenvalue weighted by atomic mass is 32.2. The minimum Gasteiger partial charge on any atom is -0.469 e. The van der Waals surface area contributed by atoms with Crippen molar-refractivity contribution < 1.29 is 22.7 Å². The third-order valence-corrected chi connectivity index (χ3v) is 4.70. The van der Waals surface area contributed by atoms with Crippen molar-refractivity contribution in [3.63, 3.8) is 0 Å². The van der Waals surface area contributed by atoms with E-state index in [0.29, 0.717) is 0 Å². The molecule has 0 aromatic rings. The van der Waals surface area contributed by atoms with E-state index < -0.39 is 26.5 Å². The smallest absolute Gasteiger partial charge is 0.307 e. The molecule has 6 nitrogen and oxygen atoms in total. The van der Waals surface area contributed by atoms with Crippen LogP contribution in [0.25, 0.3) is 0 Å². The largest absolute Gasteiger partial charge is 0.469 e. The molecule has 0 rings (SSSR count). The lowest BCUT2D eigenvalue weighted by Crippen LogP contribution is -2.48. The van der Waals surface area contributed by atoms with Crippen LogP contribution in [0.15, 0.2) is 0 Å². The van der Waals surface area contributed by atoms with Gasteiger partial charge in [0.05, 0.1) is 13.5 Å². The first kappa shape index (κ1) is 15.9. The molecule has 0 saturated carbocycles. The minimum absolute atomic E-state index is 0.0403. The average Bonchev–Trinajstić information content (AvgIpc) is 2.22. The zero-order valence-electron chi connectivity index (χ0n) is 10.8. The number of carbonyl (C=O) groups is 2. The molecule has 0 heterocycles. The van der Waals surface area contributed by atoms with Crippen LogP contribution < -0.4 is 0 Å². The summed E-state index contributed by atoms with van der Waals surface area (Å²) in [6.45, 7) is 2.82. The number of nitrogens with zero attached hydrogens (tertiary/aromatic N) is 1. The van der Waals surface area contributed by atoms with Gasteiger partial charge in [-0.3, -0.25) is 9.59 Å². The summed E-state index contributed by atoms with van der Waals surface area (Å²) >= 11 is 0. The first-order chi connectivity index (χ1) is 7.54. The second kappa shape index (κ2) is 5.48. The predicted molar refractivity (Wildman–Crippen MR) is 63.2 cm³/mol. The predicted octanol–water partition coefficient (Wildman–Crippen LogP) is -0.169. The quantitative estimate of drug-likeness (QED) is 0.645. The number of esters is 1. The number of sulfone groups is 1. The number of ether oxygens (including phenoxy) is 1. The fraction of sp³-hybridized carbons (Fsp3) is 0.800. The summed E-state index contributed by atoms with van der Waals surface area (Å²) in [5.41, 5.74) is 0. The summed E-state index contributed by atoms with van der Waals surface area (Å²) in [7, 11) is -0.787. The minimum atomic E-state index is -3.50. The van der Waals surface area contributed by atoms with Gasteiger partial charge in [-0.1, -0.05) is 0 Å². The number of rotatable bonds is 5. The van der Waals surface area contributed by atoms with Crippen LogP contribution in [-0.4, -0.2) is 56.9 Å². The molecule has 0 aliphatic carbocycles. The van der Waals surface area contributed by atoms with Crippen LogP contribution in [0.3, 0.4) is 0 Å². The molecular formula is C10H19NO5S. The van der Waals surface area contributed by atoms with E-state index in [2.05, 4.69) is 4.74 Å². The van der Waals surface area contributed by atoms with Gasteiger partial charge in [-0.25, -0.2) is 8.42 Å². The third kappa shape index (κ3) is 3.99. The normalized spacial score (nSPS) is 12.1. The maximum atomic E-state index is 11.9. The Morgan fingerprint density at radius 1 is 1.29 bits per heavy atom. The zero-order valence-corrected chi connectivity index (χ0v) is 11.6. The molecule has 0 atom stereocenters. The van der Waals surface area contributed by atoms with Crippen molar-refractivity contribution in [3.8, 4) is 0 Å². The van der Waals surface area contributed by atoms with Crippen LogP contribution in [0.5, 0.6) is 0 Å². The molecule has 17 heavy (non-hydrogen) atoms. The lowest BCUT2D eigenvalue weighted by Gasteiger charge is -2.27. The average molecular weight is 265 g/mol. The van der Waals surface area contributed by atoms with E-state index in [1.807, 2.05) is 0 Å². The van der Waals surface area contributed by atoms with Crippen LogP contribution in [0.1, 0.15) is 20.3 Å². The summed E-state index contributed by atoms with van der Waals surface area (Å²) < 4.78 is 25.9. The Balaban J connectivity index is 4.67. The van der Waals surface area contributed by atoms with Crippen molar-refractivity contribution in [1.82, 2.24) is 4.90 Å². The number of carbonyl (C=O) groups excluding carboxylic acids is 2. The highest BCUT2D eigenvalue weighted by Crippen LogP contribution is 2.18. The number of methoxy groups -OCH3 is 1. The molecule has 0 N–H and O–H groups in total. The van der Waals surface area contributed by atoms with Crippen LogP contribution >= 0.6 is 0 Å². The Morgan fingerprint density at radius 3 is 2.12 bits per heavy atom. The van der Waals surface area contributed by atoms with E-state index in [9.17, 15) is 18.0 Å². The van der Waals surface area contributed by atoms with Gasteiger partial charge in [-0.2, -0.15) is 0 Å². The van der Waals surface area contributed by atoms with Gasteiger partial charge in [0.2, 0.25) is 5.91 Å². The van der Waals surface area contributed by atoms with Gasteiger partial charge in [0, 0.05) is 19.8 Å². The molecule has 0 saturated heterocycles. The Hall–Kier alpha value is -1.11. The van der Waals surface area contributed by atoms with Crippen molar-refractivity contribution in [1.29, 1.82) is 0 Å². The maximum Gasteiger partial charge on any atom is 0.307 e. The summed E-state index contributed by atoms with van der Waals surface area (Å²) in [6, 6.07) is 0. The van der Waals surface area contributed by atoms with E-state index in [1.165, 1.54) is 32.9 Å². The summed E-state index contributed by atoms with van der Waals surface area (Å²) in [5.74, 6) is -0.981. The molecule has 7 heteroatoms. The topological polar surface area (TPSA) is 80.8 Å². The van der Waals surface area contributed by atoms with E-state index in [-0.39, 0.29) is 13.0 Å². The van der Waals surface area contributed by atoms with Crippen molar-refractivity contribution in [3.05, 3.63) is 0 Å². The summed E-state index contributed by atoms with van der Waals surface area (Å²) in [5, 5.41) is 0. The molecule has 0 aromatic carbocycles. The number of hydrogen-bond donors (Lipinski definition) is 0. The Kier molecular flexibility index (Phi) is 5.12. The van der Waals surface area contributed by atoms with Gasteiger partial charge in [0.1, 0.15) is 4.75 Å². The van der Waals surface area contributed by atoms with Gasteiger partial charge in [-0.05, 0) is 13.8 Å². The maximum absolute atomic E-state index is 11.9.